The Kier molecular flexibility index (Phi) is 5.41. The number of nitrogens with one attached hydrogen (secondary N) is 1. The Balaban J connectivity index is 2.88. The van der Waals surface area contributed by atoms with Gasteiger partial charge in [-0.3, -0.25) is 4.79 Å². The first-order valence-electron chi connectivity index (χ1n) is 7.23. The molecule has 0 spiro atoms. The van der Waals surface area contributed by atoms with Crippen LogP contribution in [0.1, 0.15) is 19.4 Å². The molecule has 1 aromatic rings. The highest BCUT2D eigenvalue weighted by atomic mass is 35.5. The number of hydrogen-bond acceptors (Lipinski definition) is 4. The van der Waals surface area contributed by atoms with Crippen molar-refractivity contribution in [1.29, 1.82) is 5.26 Å². The van der Waals surface area contributed by atoms with Crippen LogP contribution in [-0.2, 0) is 9.59 Å². The molecule has 1 aliphatic heterocycles. The number of amides is 1. The molecule has 1 heterocycles. The van der Waals surface area contributed by atoms with Gasteiger partial charge in [-0.2, -0.15) is 5.26 Å². The van der Waals surface area contributed by atoms with Crippen LogP contribution in [0.3, 0.4) is 0 Å². The summed E-state index contributed by atoms with van der Waals surface area (Å²) in [7, 11) is 1.60. The van der Waals surface area contributed by atoms with Gasteiger partial charge in [-0.1, -0.05) is 35.3 Å². The molecule has 1 unspecified atom stereocenters. The first kappa shape index (κ1) is 18.8. The second kappa shape index (κ2) is 7.18. The van der Waals surface area contributed by atoms with Gasteiger partial charge in [0.1, 0.15) is 6.17 Å². The Hall–Kier alpha value is -2.49. The molecule has 0 saturated heterocycles. The van der Waals surface area contributed by atoms with Crippen molar-refractivity contribution in [2.24, 2.45) is 0 Å². The number of rotatable bonds is 3. The van der Waals surface area contributed by atoms with Crippen LogP contribution in [0.25, 0.3) is 5.57 Å². The lowest BCUT2D eigenvalue weighted by atomic mass is 9.87. The molecular weight excluding hydrogens is 365 g/mol. The minimum absolute atomic E-state index is 0.0650. The molecule has 2 N–H and O–H groups in total. The Bertz CT molecular complexity index is 868. The molecule has 1 atom stereocenters. The Morgan fingerprint density at radius 2 is 2.00 bits per heavy atom. The van der Waals surface area contributed by atoms with Gasteiger partial charge in [-0.25, -0.2) is 4.79 Å². The van der Waals surface area contributed by atoms with E-state index in [1.54, 1.807) is 32.2 Å². The maximum Gasteiger partial charge on any atom is 0.338 e. The fraction of sp³-hybridized carbons (Fsp3) is 0.235. The number of likely N-dealkylation sites (N-methyl/N-ethyl adjacent to an activating group) is 1. The summed E-state index contributed by atoms with van der Waals surface area (Å²) in [6.45, 7) is 2.92. The summed E-state index contributed by atoms with van der Waals surface area (Å²) < 4.78 is 0. The number of benzene rings is 1. The van der Waals surface area contributed by atoms with Crippen LogP contribution in [-0.4, -0.2) is 35.1 Å². The van der Waals surface area contributed by atoms with Gasteiger partial charge in [0.05, 0.1) is 27.3 Å². The zero-order valence-corrected chi connectivity index (χ0v) is 15.2. The number of aliphatic carboxylic acids is 1. The third kappa shape index (κ3) is 3.34. The van der Waals surface area contributed by atoms with Gasteiger partial charge in [0.25, 0.3) is 0 Å². The minimum Gasteiger partial charge on any atom is -0.478 e. The summed E-state index contributed by atoms with van der Waals surface area (Å²) in [6.07, 6.45) is -0.810. The predicted molar refractivity (Wildman–Crippen MR) is 94.7 cm³/mol. The number of hydrogen-bond donors (Lipinski definition) is 2. The Morgan fingerprint density at radius 1 is 1.36 bits per heavy atom. The molecule has 1 amide bonds. The third-order valence-electron chi connectivity index (χ3n) is 3.97. The molecule has 8 heteroatoms. The summed E-state index contributed by atoms with van der Waals surface area (Å²) in [5.74, 6) is -1.56. The number of halogens is 2. The number of carbonyl (C=O) groups excluding carboxylic acids is 1. The van der Waals surface area contributed by atoms with Crippen LogP contribution in [0.15, 0.2) is 35.0 Å². The van der Waals surface area contributed by atoms with E-state index in [-0.39, 0.29) is 32.7 Å². The summed E-state index contributed by atoms with van der Waals surface area (Å²) >= 11 is 12.3. The lowest BCUT2D eigenvalue weighted by Crippen LogP contribution is -2.48. The van der Waals surface area contributed by atoms with E-state index in [4.69, 9.17) is 23.2 Å². The van der Waals surface area contributed by atoms with E-state index in [1.807, 2.05) is 6.07 Å². The fourth-order valence-electron chi connectivity index (χ4n) is 2.73. The summed E-state index contributed by atoms with van der Waals surface area (Å²) in [5.41, 5.74) is 0.869. The number of nitriles is 1. The van der Waals surface area contributed by atoms with Crippen molar-refractivity contribution in [1.82, 2.24) is 10.2 Å². The molecule has 6 nitrogen and oxygen atoms in total. The predicted octanol–water partition coefficient (Wildman–Crippen LogP) is 3.04. The summed E-state index contributed by atoms with van der Waals surface area (Å²) in [5, 5.41) is 22.4. The van der Waals surface area contributed by atoms with Gasteiger partial charge < -0.3 is 15.3 Å². The molecule has 1 aromatic carbocycles. The van der Waals surface area contributed by atoms with Crippen molar-refractivity contribution in [2.75, 3.05) is 7.05 Å². The van der Waals surface area contributed by atoms with Crippen LogP contribution in [0.2, 0.25) is 10.0 Å². The molecule has 130 valence electrons. The van der Waals surface area contributed by atoms with Crippen LogP contribution in [0.4, 0.5) is 0 Å². The SMILES string of the molecule is CC(=O)NC1C(C#N)=C(c2cccc(Cl)c2Cl)C(C(=O)O)=C(C)N1C. The fourth-order valence-corrected chi connectivity index (χ4v) is 3.13. The molecule has 0 aliphatic carbocycles. The quantitative estimate of drug-likeness (QED) is 0.841. The standard InChI is InChI=1S/C17H15Cl2N3O3/c1-8-13(17(24)25)14(10-5-4-6-12(18)15(10)19)11(7-20)16(22(8)3)21-9(2)23/h4-6,16H,1-3H3,(H,21,23)(H,24,25). The zero-order valence-electron chi connectivity index (χ0n) is 13.7. The molecule has 0 aromatic heterocycles. The second-order valence-electron chi connectivity index (χ2n) is 5.48. The van der Waals surface area contributed by atoms with Crippen molar-refractivity contribution in [3.05, 3.63) is 50.7 Å². The van der Waals surface area contributed by atoms with E-state index < -0.39 is 12.1 Å². The van der Waals surface area contributed by atoms with Crippen molar-refractivity contribution in [3.63, 3.8) is 0 Å². The van der Waals surface area contributed by atoms with Gasteiger partial charge in [-0.05, 0) is 13.0 Å². The highest BCUT2D eigenvalue weighted by molar-refractivity contribution is 6.43. The zero-order chi connectivity index (χ0) is 18.9. The molecule has 0 fully saturated rings. The molecule has 0 saturated carbocycles. The smallest absolute Gasteiger partial charge is 0.338 e. The van der Waals surface area contributed by atoms with Crippen LogP contribution in [0, 0.1) is 11.3 Å². The number of allylic oxidation sites excluding steroid dienone is 1. The van der Waals surface area contributed by atoms with Crippen LogP contribution in [0.5, 0.6) is 0 Å². The Labute approximate surface area is 154 Å². The molecule has 25 heavy (non-hydrogen) atoms. The van der Waals surface area contributed by atoms with E-state index >= 15 is 0 Å². The average Bonchev–Trinajstić information content (AvgIpc) is 2.53. The Morgan fingerprint density at radius 3 is 2.52 bits per heavy atom. The monoisotopic (exact) mass is 379 g/mol. The topological polar surface area (TPSA) is 93.4 Å². The normalized spacial score (nSPS) is 17.4. The van der Waals surface area contributed by atoms with Crippen molar-refractivity contribution in [3.8, 4) is 6.07 Å². The third-order valence-corrected chi connectivity index (χ3v) is 4.79. The summed E-state index contributed by atoms with van der Waals surface area (Å²) in [6, 6.07) is 6.79. The highest BCUT2D eigenvalue weighted by Gasteiger charge is 2.36. The van der Waals surface area contributed by atoms with E-state index in [0.717, 1.165) is 0 Å². The lowest BCUT2D eigenvalue weighted by molar-refractivity contribution is -0.132. The highest BCUT2D eigenvalue weighted by Crippen LogP contribution is 2.41. The van der Waals surface area contributed by atoms with Gasteiger partial charge in [0.2, 0.25) is 5.91 Å². The first-order chi connectivity index (χ1) is 11.7. The number of nitrogens with zero attached hydrogens (tertiary/aromatic N) is 2. The maximum atomic E-state index is 11.9. The van der Waals surface area contributed by atoms with Gasteiger partial charge in [0, 0.05) is 30.8 Å². The van der Waals surface area contributed by atoms with Crippen LogP contribution < -0.4 is 5.32 Å². The van der Waals surface area contributed by atoms with Crippen molar-refractivity contribution >= 4 is 40.7 Å². The molecule has 1 aliphatic rings. The van der Waals surface area contributed by atoms with Crippen molar-refractivity contribution < 1.29 is 14.7 Å². The molecular formula is C17H15Cl2N3O3. The number of carbonyl (C=O) groups is 2. The molecule has 2 rings (SSSR count). The maximum absolute atomic E-state index is 11.9. The van der Waals surface area contributed by atoms with E-state index in [0.29, 0.717) is 11.3 Å². The number of carboxylic acids is 1. The van der Waals surface area contributed by atoms with E-state index in [9.17, 15) is 20.0 Å². The van der Waals surface area contributed by atoms with E-state index in [1.165, 1.54) is 11.8 Å². The van der Waals surface area contributed by atoms with Crippen molar-refractivity contribution in [2.45, 2.75) is 20.0 Å². The van der Waals surface area contributed by atoms with Gasteiger partial charge in [0.15, 0.2) is 0 Å². The first-order valence-corrected chi connectivity index (χ1v) is 7.99. The number of carboxylic acid groups (broad SMARTS) is 1. The molecule has 0 bridgehead atoms. The van der Waals surface area contributed by atoms with Gasteiger partial charge in [-0.15, -0.1) is 0 Å². The molecule has 0 radical (unpaired) electrons. The summed E-state index contributed by atoms with van der Waals surface area (Å²) in [4.78, 5) is 25.0. The van der Waals surface area contributed by atoms with Gasteiger partial charge >= 0.3 is 5.97 Å². The largest absolute Gasteiger partial charge is 0.478 e. The lowest BCUT2D eigenvalue weighted by Gasteiger charge is -2.37. The van der Waals surface area contributed by atoms with E-state index in [2.05, 4.69) is 5.32 Å². The average molecular weight is 380 g/mol. The van der Waals surface area contributed by atoms with Crippen LogP contribution >= 0.6 is 23.2 Å². The minimum atomic E-state index is -1.20. The second-order valence-corrected chi connectivity index (χ2v) is 6.27.